The maximum absolute atomic E-state index is 13.2. The molecule has 1 unspecified atom stereocenters. The van der Waals surface area contributed by atoms with Crippen LogP contribution in [0.4, 0.5) is 0 Å². The van der Waals surface area contributed by atoms with Gasteiger partial charge in [0.2, 0.25) is 15.9 Å². The SMILES string of the molecule is Cc1ccsc1CN1CCC2(CC1)CN(S(C)(=O)=O)CC21CCN(C)C1=O. The first-order valence-electron chi connectivity index (χ1n) is 9.63. The highest BCUT2D eigenvalue weighted by molar-refractivity contribution is 7.88. The van der Waals surface area contributed by atoms with E-state index in [-0.39, 0.29) is 11.3 Å². The minimum atomic E-state index is -3.29. The molecule has 0 saturated carbocycles. The van der Waals surface area contributed by atoms with Crippen LogP contribution in [0, 0.1) is 17.8 Å². The fourth-order valence-corrected chi connectivity index (χ4v) is 7.25. The van der Waals surface area contributed by atoms with Crippen LogP contribution in [0.25, 0.3) is 0 Å². The zero-order chi connectivity index (χ0) is 19.4. The second-order valence-electron chi connectivity index (χ2n) is 8.67. The summed E-state index contributed by atoms with van der Waals surface area (Å²) < 4.78 is 26.2. The second kappa shape index (κ2) is 6.54. The lowest BCUT2D eigenvalue weighted by atomic mass is 9.60. The Bertz CT molecular complexity index is 842. The highest BCUT2D eigenvalue weighted by atomic mass is 32.2. The number of amides is 1. The van der Waals surface area contributed by atoms with E-state index in [2.05, 4.69) is 23.3 Å². The third-order valence-corrected chi connectivity index (χ3v) is 9.39. The molecule has 8 heteroatoms. The Hall–Kier alpha value is -0.960. The minimum Gasteiger partial charge on any atom is -0.345 e. The Morgan fingerprint density at radius 2 is 1.85 bits per heavy atom. The molecule has 1 atom stereocenters. The molecule has 150 valence electrons. The van der Waals surface area contributed by atoms with Crippen LogP contribution in [0.2, 0.25) is 0 Å². The lowest BCUT2D eigenvalue weighted by Gasteiger charge is -2.46. The number of fused-ring (bicyclic) bond motifs is 1. The van der Waals surface area contributed by atoms with Gasteiger partial charge in [0.1, 0.15) is 0 Å². The molecule has 0 bridgehead atoms. The van der Waals surface area contributed by atoms with Gasteiger partial charge in [-0.05, 0) is 56.3 Å². The average Bonchev–Trinajstić information content (AvgIpc) is 3.24. The zero-order valence-corrected chi connectivity index (χ0v) is 18.0. The van der Waals surface area contributed by atoms with Crippen molar-refractivity contribution in [2.24, 2.45) is 10.8 Å². The molecular formula is C19H29N3O3S2. The molecular weight excluding hydrogens is 382 g/mol. The van der Waals surface area contributed by atoms with E-state index in [1.165, 1.54) is 16.7 Å². The van der Waals surface area contributed by atoms with E-state index in [0.717, 1.165) is 45.4 Å². The molecule has 3 saturated heterocycles. The van der Waals surface area contributed by atoms with Crippen molar-refractivity contribution in [1.82, 2.24) is 14.1 Å². The number of sulfonamides is 1. The standard InChI is InChI=1S/C19H29N3O3S2/c1-15-4-11-26-16(15)12-21-9-5-18(6-10-21)13-22(27(3,24)25)14-19(18)7-8-20(2)17(19)23/h4,11H,5-10,12-14H2,1-3H3. The van der Waals surface area contributed by atoms with Gasteiger partial charge >= 0.3 is 0 Å². The van der Waals surface area contributed by atoms with Crippen LogP contribution >= 0.6 is 11.3 Å². The first kappa shape index (κ1) is 19.4. The number of thiophene rings is 1. The van der Waals surface area contributed by atoms with Gasteiger partial charge in [0.05, 0.1) is 11.7 Å². The van der Waals surface area contributed by atoms with Crippen LogP contribution in [0.3, 0.4) is 0 Å². The summed E-state index contributed by atoms with van der Waals surface area (Å²) in [6.45, 7) is 6.55. The Morgan fingerprint density at radius 3 is 2.37 bits per heavy atom. The van der Waals surface area contributed by atoms with Crippen molar-refractivity contribution >= 4 is 27.3 Å². The summed E-state index contributed by atoms with van der Waals surface area (Å²) in [4.78, 5) is 18.8. The van der Waals surface area contributed by atoms with Crippen molar-refractivity contribution in [3.8, 4) is 0 Å². The highest BCUT2D eigenvalue weighted by Gasteiger charge is 2.65. The molecule has 0 radical (unpaired) electrons. The molecule has 3 aliphatic rings. The second-order valence-corrected chi connectivity index (χ2v) is 11.7. The van der Waals surface area contributed by atoms with Gasteiger partial charge in [-0.3, -0.25) is 9.69 Å². The van der Waals surface area contributed by atoms with Crippen molar-refractivity contribution in [1.29, 1.82) is 0 Å². The van der Waals surface area contributed by atoms with E-state index in [1.54, 1.807) is 20.5 Å². The van der Waals surface area contributed by atoms with Crippen LogP contribution in [0.1, 0.15) is 29.7 Å². The largest absolute Gasteiger partial charge is 0.345 e. The maximum Gasteiger partial charge on any atom is 0.230 e. The third-order valence-electron chi connectivity index (χ3n) is 7.19. The Morgan fingerprint density at radius 1 is 1.15 bits per heavy atom. The normalized spacial score (nSPS) is 29.4. The molecule has 6 nitrogen and oxygen atoms in total. The first-order valence-corrected chi connectivity index (χ1v) is 12.4. The maximum atomic E-state index is 13.2. The molecule has 0 N–H and O–H groups in total. The van der Waals surface area contributed by atoms with Crippen molar-refractivity contribution in [2.45, 2.75) is 32.7 Å². The molecule has 3 aliphatic heterocycles. The lowest BCUT2D eigenvalue weighted by Crippen LogP contribution is -2.52. The first-order chi connectivity index (χ1) is 12.7. The Kier molecular flexibility index (Phi) is 4.69. The molecule has 4 heterocycles. The predicted molar refractivity (Wildman–Crippen MR) is 107 cm³/mol. The Balaban J connectivity index is 1.57. The summed E-state index contributed by atoms with van der Waals surface area (Å²) in [5, 5.41) is 2.14. The molecule has 1 aromatic rings. The van der Waals surface area contributed by atoms with Gasteiger partial charge in [-0.1, -0.05) is 0 Å². The Labute approximate surface area is 166 Å². The summed E-state index contributed by atoms with van der Waals surface area (Å²) >= 11 is 1.80. The molecule has 2 spiro atoms. The number of carbonyl (C=O) groups is 1. The smallest absolute Gasteiger partial charge is 0.230 e. The number of rotatable bonds is 3. The van der Waals surface area contributed by atoms with E-state index in [0.29, 0.717) is 13.1 Å². The number of piperidine rings is 1. The van der Waals surface area contributed by atoms with Gasteiger partial charge in [0.15, 0.2) is 0 Å². The van der Waals surface area contributed by atoms with Crippen molar-refractivity contribution in [3.63, 3.8) is 0 Å². The van der Waals surface area contributed by atoms with E-state index < -0.39 is 15.4 Å². The minimum absolute atomic E-state index is 0.149. The van der Waals surface area contributed by atoms with E-state index in [9.17, 15) is 13.2 Å². The van der Waals surface area contributed by atoms with Gasteiger partial charge < -0.3 is 4.90 Å². The summed E-state index contributed by atoms with van der Waals surface area (Å²) in [5.41, 5.74) is 0.586. The van der Waals surface area contributed by atoms with Crippen LogP contribution in [0.15, 0.2) is 11.4 Å². The number of carbonyl (C=O) groups excluding carboxylic acids is 1. The van der Waals surface area contributed by atoms with Crippen LogP contribution in [0.5, 0.6) is 0 Å². The predicted octanol–water partition coefficient (Wildman–Crippen LogP) is 1.76. The zero-order valence-electron chi connectivity index (χ0n) is 16.4. The highest BCUT2D eigenvalue weighted by Crippen LogP contribution is 2.58. The number of aryl methyl sites for hydroxylation is 1. The monoisotopic (exact) mass is 411 g/mol. The third kappa shape index (κ3) is 3.05. The summed E-state index contributed by atoms with van der Waals surface area (Å²) in [6, 6.07) is 2.16. The average molecular weight is 412 g/mol. The molecule has 0 aromatic carbocycles. The summed E-state index contributed by atoms with van der Waals surface area (Å²) in [6.07, 6.45) is 3.84. The number of nitrogens with zero attached hydrogens (tertiary/aromatic N) is 3. The van der Waals surface area contributed by atoms with Crippen LogP contribution < -0.4 is 0 Å². The molecule has 0 aliphatic carbocycles. The van der Waals surface area contributed by atoms with Gasteiger partial charge in [-0.25, -0.2) is 12.7 Å². The fraction of sp³-hybridized carbons (Fsp3) is 0.737. The molecule has 1 amide bonds. The molecule has 1 aromatic heterocycles. The van der Waals surface area contributed by atoms with E-state index in [4.69, 9.17) is 0 Å². The lowest BCUT2D eigenvalue weighted by molar-refractivity contribution is -0.141. The summed E-state index contributed by atoms with van der Waals surface area (Å²) in [5.74, 6) is 0.149. The van der Waals surface area contributed by atoms with Gasteiger partial charge in [-0.2, -0.15) is 0 Å². The van der Waals surface area contributed by atoms with Gasteiger partial charge in [-0.15, -0.1) is 11.3 Å². The molecule has 27 heavy (non-hydrogen) atoms. The van der Waals surface area contributed by atoms with Gasteiger partial charge in [0, 0.05) is 43.5 Å². The van der Waals surface area contributed by atoms with E-state index >= 15 is 0 Å². The summed E-state index contributed by atoms with van der Waals surface area (Å²) in [7, 11) is -1.44. The van der Waals surface area contributed by atoms with E-state index in [1.807, 2.05) is 7.05 Å². The number of hydrogen-bond donors (Lipinski definition) is 0. The molecule has 4 rings (SSSR count). The van der Waals surface area contributed by atoms with Crippen LogP contribution in [-0.4, -0.2) is 74.5 Å². The van der Waals surface area contributed by atoms with Crippen molar-refractivity contribution in [3.05, 3.63) is 21.9 Å². The van der Waals surface area contributed by atoms with Gasteiger partial charge in [0.25, 0.3) is 0 Å². The van der Waals surface area contributed by atoms with Crippen molar-refractivity contribution < 1.29 is 13.2 Å². The number of hydrogen-bond acceptors (Lipinski definition) is 5. The topological polar surface area (TPSA) is 60.9 Å². The molecule has 3 fully saturated rings. The quantitative estimate of drug-likeness (QED) is 0.761. The fourth-order valence-electron chi connectivity index (χ4n) is 5.36. The number of likely N-dealkylation sites (tertiary alicyclic amines) is 2. The van der Waals surface area contributed by atoms with Crippen LogP contribution in [-0.2, 0) is 21.4 Å². The van der Waals surface area contributed by atoms with Crippen molar-refractivity contribution in [2.75, 3.05) is 46.0 Å².